The third kappa shape index (κ3) is 4.04. The van der Waals surface area contributed by atoms with Gasteiger partial charge in [-0.15, -0.1) is 0 Å². The van der Waals surface area contributed by atoms with Crippen LogP contribution in [-0.4, -0.2) is 19.2 Å². The van der Waals surface area contributed by atoms with Crippen LogP contribution in [0.3, 0.4) is 0 Å². The van der Waals surface area contributed by atoms with Crippen molar-refractivity contribution >= 4 is 0 Å². The van der Waals surface area contributed by atoms with E-state index >= 15 is 0 Å². The van der Waals surface area contributed by atoms with E-state index in [9.17, 15) is 0 Å². The van der Waals surface area contributed by atoms with Gasteiger partial charge in [0.1, 0.15) is 5.75 Å². The molecule has 0 aromatic heterocycles. The third-order valence-electron chi connectivity index (χ3n) is 3.13. The maximum atomic E-state index is 5.86. The van der Waals surface area contributed by atoms with Crippen molar-refractivity contribution < 1.29 is 4.74 Å². The van der Waals surface area contributed by atoms with Gasteiger partial charge >= 0.3 is 0 Å². The molecule has 0 bridgehead atoms. The zero-order valence-corrected chi connectivity index (χ0v) is 10.9. The molecule has 0 saturated heterocycles. The largest absolute Gasteiger partial charge is 0.493 e. The van der Waals surface area contributed by atoms with Crippen LogP contribution in [0.1, 0.15) is 44.6 Å². The van der Waals surface area contributed by atoms with Gasteiger partial charge in [0.2, 0.25) is 0 Å². The SMILES string of the molecule is CC(C)c1ccccc1OCCCNC1CC1. The van der Waals surface area contributed by atoms with E-state index in [1.807, 2.05) is 6.07 Å². The number of ether oxygens (including phenoxy) is 1. The third-order valence-corrected chi connectivity index (χ3v) is 3.13. The van der Waals surface area contributed by atoms with E-state index in [-0.39, 0.29) is 0 Å². The van der Waals surface area contributed by atoms with Crippen LogP contribution in [0.5, 0.6) is 5.75 Å². The number of para-hydroxylation sites is 1. The lowest BCUT2D eigenvalue weighted by molar-refractivity contribution is 0.304. The van der Waals surface area contributed by atoms with Gasteiger partial charge in [-0.3, -0.25) is 0 Å². The highest BCUT2D eigenvalue weighted by atomic mass is 16.5. The van der Waals surface area contributed by atoms with Crippen LogP contribution in [0.15, 0.2) is 24.3 Å². The monoisotopic (exact) mass is 233 g/mol. The average molecular weight is 233 g/mol. The fourth-order valence-corrected chi connectivity index (χ4v) is 1.94. The number of nitrogens with one attached hydrogen (secondary N) is 1. The molecule has 1 fully saturated rings. The Morgan fingerprint density at radius 1 is 1.29 bits per heavy atom. The molecule has 0 radical (unpaired) electrons. The summed E-state index contributed by atoms with van der Waals surface area (Å²) in [5.41, 5.74) is 1.31. The van der Waals surface area contributed by atoms with Crippen molar-refractivity contribution in [3.05, 3.63) is 29.8 Å². The Morgan fingerprint density at radius 2 is 2.06 bits per heavy atom. The summed E-state index contributed by atoms with van der Waals surface area (Å²) in [4.78, 5) is 0. The Balaban J connectivity index is 1.73. The second-order valence-electron chi connectivity index (χ2n) is 5.12. The van der Waals surface area contributed by atoms with Crippen molar-refractivity contribution in [1.29, 1.82) is 0 Å². The quantitative estimate of drug-likeness (QED) is 0.729. The van der Waals surface area contributed by atoms with Crippen molar-refractivity contribution in [2.24, 2.45) is 0 Å². The molecule has 1 aromatic carbocycles. The highest BCUT2D eigenvalue weighted by Crippen LogP contribution is 2.25. The molecule has 0 aliphatic heterocycles. The van der Waals surface area contributed by atoms with Gasteiger partial charge in [-0.25, -0.2) is 0 Å². The molecule has 0 atom stereocenters. The van der Waals surface area contributed by atoms with Crippen molar-refractivity contribution in [2.45, 2.75) is 45.1 Å². The second kappa shape index (κ2) is 6.06. The van der Waals surface area contributed by atoms with Gasteiger partial charge in [-0.1, -0.05) is 32.0 Å². The van der Waals surface area contributed by atoms with Crippen molar-refractivity contribution in [3.63, 3.8) is 0 Å². The molecular weight excluding hydrogens is 210 g/mol. The van der Waals surface area contributed by atoms with Crippen LogP contribution >= 0.6 is 0 Å². The highest BCUT2D eigenvalue weighted by molar-refractivity contribution is 5.35. The molecule has 0 unspecified atom stereocenters. The van der Waals surface area contributed by atoms with Crippen molar-refractivity contribution in [2.75, 3.05) is 13.2 Å². The summed E-state index contributed by atoms with van der Waals surface area (Å²) in [6, 6.07) is 9.16. The summed E-state index contributed by atoms with van der Waals surface area (Å²) < 4.78 is 5.86. The van der Waals surface area contributed by atoms with Crippen LogP contribution in [-0.2, 0) is 0 Å². The molecule has 0 amide bonds. The molecule has 1 saturated carbocycles. The molecule has 1 aliphatic rings. The lowest BCUT2D eigenvalue weighted by atomic mass is 10.0. The normalized spacial score (nSPS) is 15.2. The number of hydrogen-bond acceptors (Lipinski definition) is 2. The molecular formula is C15H23NO. The molecule has 0 heterocycles. The fraction of sp³-hybridized carbons (Fsp3) is 0.600. The highest BCUT2D eigenvalue weighted by Gasteiger charge is 2.19. The summed E-state index contributed by atoms with van der Waals surface area (Å²) in [6.45, 7) is 6.30. The first-order valence-corrected chi connectivity index (χ1v) is 6.72. The Labute approximate surface area is 104 Å². The summed E-state index contributed by atoms with van der Waals surface area (Å²) in [7, 11) is 0. The standard InChI is InChI=1S/C15H23NO/c1-12(2)14-6-3-4-7-15(14)17-11-5-10-16-13-8-9-13/h3-4,6-7,12-13,16H,5,8-11H2,1-2H3. The van der Waals surface area contributed by atoms with Gasteiger partial charge in [0, 0.05) is 6.04 Å². The van der Waals surface area contributed by atoms with E-state index in [0.717, 1.165) is 31.4 Å². The van der Waals surface area contributed by atoms with Crippen LogP contribution in [0.2, 0.25) is 0 Å². The van der Waals surface area contributed by atoms with E-state index in [2.05, 4.69) is 37.4 Å². The summed E-state index contributed by atoms with van der Waals surface area (Å²) >= 11 is 0. The maximum Gasteiger partial charge on any atom is 0.122 e. The minimum absolute atomic E-state index is 0.524. The minimum Gasteiger partial charge on any atom is -0.493 e. The molecule has 0 spiro atoms. The van der Waals surface area contributed by atoms with E-state index < -0.39 is 0 Å². The van der Waals surface area contributed by atoms with Gasteiger partial charge in [0.15, 0.2) is 0 Å². The number of hydrogen-bond donors (Lipinski definition) is 1. The van der Waals surface area contributed by atoms with Gasteiger partial charge < -0.3 is 10.1 Å². The molecule has 2 nitrogen and oxygen atoms in total. The molecule has 2 heteroatoms. The second-order valence-corrected chi connectivity index (χ2v) is 5.12. The first kappa shape index (κ1) is 12.4. The lowest BCUT2D eigenvalue weighted by Crippen LogP contribution is -2.19. The van der Waals surface area contributed by atoms with Gasteiger partial charge in [0.05, 0.1) is 6.61 Å². The first-order valence-electron chi connectivity index (χ1n) is 6.72. The predicted molar refractivity (Wildman–Crippen MR) is 71.7 cm³/mol. The number of benzene rings is 1. The van der Waals surface area contributed by atoms with Crippen LogP contribution < -0.4 is 10.1 Å². The minimum atomic E-state index is 0.524. The number of rotatable bonds is 7. The predicted octanol–water partition coefficient (Wildman–Crippen LogP) is 3.33. The van der Waals surface area contributed by atoms with Gasteiger partial charge in [0.25, 0.3) is 0 Å². The maximum absolute atomic E-state index is 5.86. The van der Waals surface area contributed by atoms with Crippen molar-refractivity contribution in [3.8, 4) is 5.75 Å². The molecule has 94 valence electrons. The fourth-order valence-electron chi connectivity index (χ4n) is 1.94. The summed E-state index contributed by atoms with van der Waals surface area (Å²) in [5, 5.41) is 3.50. The summed E-state index contributed by atoms with van der Waals surface area (Å²) in [5.74, 6) is 1.57. The zero-order valence-electron chi connectivity index (χ0n) is 10.9. The van der Waals surface area contributed by atoms with E-state index in [1.54, 1.807) is 0 Å². The first-order chi connectivity index (χ1) is 8.27. The Morgan fingerprint density at radius 3 is 2.76 bits per heavy atom. The Bertz CT molecular complexity index is 345. The average Bonchev–Trinajstić information content (AvgIpc) is 3.13. The van der Waals surface area contributed by atoms with Crippen molar-refractivity contribution in [1.82, 2.24) is 5.32 Å². The Hall–Kier alpha value is -1.02. The van der Waals surface area contributed by atoms with Gasteiger partial charge in [-0.2, -0.15) is 0 Å². The smallest absolute Gasteiger partial charge is 0.122 e. The Kier molecular flexibility index (Phi) is 4.43. The van der Waals surface area contributed by atoms with Crippen LogP contribution in [0.4, 0.5) is 0 Å². The summed E-state index contributed by atoms with van der Waals surface area (Å²) in [6.07, 6.45) is 3.80. The molecule has 1 aromatic rings. The topological polar surface area (TPSA) is 21.3 Å². The van der Waals surface area contributed by atoms with E-state index in [4.69, 9.17) is 4.74 Å². The molecule has 1 N–H and O–H groups in total. The lowest BCUT2D eigenvalue weighted by Gasteiger charge is -2.13. The van der Waals surface area contributed by atoms with Crippen LogP contribution in [0, 0.1) is 0 Å². The van der Waals surface area contributed by atoms with E-state index in [1.165, 1.54) is 18.4 Å². The molecule has 2 rings (SSSR count). The van der Waals surface area contributed by atoms with E-state index in [0.29, 0.717) is 5.92 Å². The molecule has 17 heavy (non-hydrogen) atoms. The van der Waals surface area contributed by atoms with Crippen LogP contribution in [0.25, 0.3) is 0 Å². The molecule has 1 aliphatic carbocycles. The van der Waals surface area contributed by atoms with Gasteiger partial charge in [-0.05, 0) is 43.4 Å². The zero-order chi connectivity index (χ0) is 12.1.